The second kappa shape index (κ2) is 6.20. The number of likely N-dealkylation sites (tertiary alicyclic amines) is 1. The number of hydrogen-bond donors (Lipinski definition) is 2. The fourth-order valence-corrected chi connectivity index (χ4v) is 2.94. The lowest BCUT2D eigenvalue weighted by Crippen LogP contribution is -2.40. The SMILES string of the molecule is O=C(c1cc(=O)[nH]c(=O)[nH]1)N1CCCC[C@H]1c1ccc(F)cc1. The van der Waals surface area contributed by atoms with E-state index in [9.17, 15) is 18.8 Å². The van der Waals surface area contributed by atoms with E-state index in [-0.39, 0.29) is 17.6 Å². The predicted molar refractivity (Wildman–Crippen MR) is 81.7 cm³/mol. The molecular weight excluding hydrogens is 301 g/mol. The van der Waals surface area contributed by atoms with Crippen LogP contribution >= 0.6 is 0 Å². The highest BCUT2D eigenvalue weighted by atomic mass is 19.1. The minimum atomic E-state index is -0.712. The van der Waals surface area contributed by atoms with Gasteiger partial charge >= 0.3 is 5.69 Å². The van der Waals surface area contributed by atoms with E-state index < -0.39 is 17.2 Å². The lowest BCUT2D eigenvalue weighted by atomic mass is 9.95. The first kappa shape index (κ1) is 15.2. The minimum absolute atomic E-state index is 0.0345. The van der Waals surface area contributed by atoms with Crippen molar-refractivity contribution in [3.63, 3.8) is 0 Å². The van der Waals surface area contributed by atoms with Crippen LogP contribution < -0.4 is 11.2 Å². The smallest absolute Gasteiger partial charge is 0.326 e. The van der Waals surface area contributed by atoms with Crippen molar-refractivity contribution in [2.24, 2.45) is 0 Å². The molecule has 0 radical (unpaired) electrons. The van der Waals surface area contributed by atoms with Crippen LogP contribution in [0, 0.1) is 5.82 Å². The van der Waals surface area contributed by atoms with Crippen LogP contribution in [0.25, 0.3) is 0 Å². The Balaban J connectivity index is 1.94. The van der Waals surface area contributed by atoms with Gasteiger partial charge in [0.2, 0.25) is 0 Å². The summed E-state index contributed by atoms with van der Waals surface area (Å²) in [5.41, 5.74) is -0.525. The molecule has 0 saturated carbocycles. The Morgan fingerprint density at radius 3 is 2.57 bits per heavy atom. The van der Waals surface area contributed by atoms with Gasteiger partial charge in [-0.1, -0.05) is 12.1 Å². The molecule has 7 heteroatoms. The molecule has 1 aromatic carbocycles. The second-order valence-electron chi connectivity index (χ2n) is 5.56. The Labute approximate surface area is 131 Å². The van der Waals surface area contributed by atoms with Gasteiger partial charge in [-0.25, -0.2) is 9.18 Å². The summed E-state index contributed by atoms with van der Waals surface area (Å²) in [6.45, 7) is 0.524. The molecule has 23 heavy (non-hydrogen) atoms. The summed E-state index contributed by atoms with van der Waals surface area (Å²) in [7, 11) is 0. The third kappa shape index (κ3) is 3.23. The van der Waals surface area contributed by atoms with E-state index in [0.717, 1.165) is 30.9 Å². The number of nitrogens with one attached hydrogen (secondary N) is 2. The van der Waals surface area contributed by atoms with Crippen molar-refractivity contribution >= 4 is 5.91 Å². The Kier molecular flexibility index (Phi) is 4.10. The molecule has 2 aromatic rings. The van der Waals surface area contributed by atoms with E-state index in [1.807, 2.05) is 4.98 Å². The van der Waals surface area contributed by atoms with Crippen LogP contribution in [0.2, 0.25) is 0 Å². The van der Waals surface area contributed by atoms with Crippen LogP contribution in [-0.2, 0) is 0 Å². The van der Waals surface area contributed by atoms with Crippen LogP contribution in [0.1, 0.15) is 41.4 Å². The standard InChI is InChI=1S/C16H16FN3O3/c17-11-6-4-10(5-7-11)13-3-1-2-8-20(13)15(22)12-9-14(21)19-16(23)18-12/h4-7,9,13H,1-3,8H2,(H2,18,19,21,23)/t13-/m0/s1. The maximum Gasteiger partial charge on any atom is 0.326 e. The van der Waals surface area contributed by atoms with E-state index in [4.69, 9.17) is 0 Å². The van der Waals surface area contributed by atoms with Gasteiger partial charge in [-0.05, 0) is 37.0 Å². The fraction of sp³-hybridized carbons (Fsp3) is 0.312. The zero-order chi connectivity index (χ0) is 16.4. The molecule has 2 heterocycles. The van der Waals surface area contributed by atoms with Gasteiger partial charge in [0, 0.05) is 12.6 Å². The predicted octanol–water partition coefficient (Wildman–Crippen LogP) is 1.57. The first-order chi connectivity index (χ1) is 11.0. The number of halogens is 1. The molecule has 0 unspecified atom stereocenters. The van der Waals surface area contributed by atoms with Gasteiger partial charge in [0.15, 0.2) is 0 Å². The van der Waals surface area contributed by atoms with Crippen LogP contribution in [0.3, 0.4) is 0 Å². The summed E-state index contributed by atoms with van der Waals surface area (Å²) in [4.78, 5) is 41.5. The van der Waals surface area contributed by atoms with Crippen molar-refractivity contribution < 1.29 is 9.18 Å². The lowest BCUT2D eigenvalue weighted by molar-refractivity contribution is 0.0604. The Hall–Kier alpha value is -2.70. The van der Waals surface area contributed by atoms with Crippen LogP contribution in [-0.4, -0.2) is 27.3 Å². The number of aromatic amines is 2. The molecule has 2 N–H and O–H groups in total. The number of nitrogens with zero attached hydrogens (tertiary/aromatic N) is 1. The van der Waals surface area contributed by atoms with Crippen LogP contribution in [0.15, 0.2) is 39.9 Å². The van der Waals surface area contributed by atoms with E-state index in [1.165, 1.54) is 12.1 Å². The molecular formula is C16H16FN3O3. The van der Waals surface area contributed by atoms with Crippen LogP contribution in [0.4, 0.5) is 4.39 Å². The normalized spacial score (nSPS) is 18.0. The Bertz CT molecular complexity index is 797. The number of rotatable bonds is 2. The average molecular weight is 317 g/mol. The summed E-state index contributed by atoms with van der Waals surface area (Å²) in [6, 6.07) is 6.93. The summed E-state index contributed by atoms with van der Waals surface area (Å²) in [6.07, 6.45) is 2.55. The highest BCUT2D eigenvalue weighted by Crippen LogP contribution is 2.31. The third-order valence-electron chi connectivity index (χ3n) is 4.01. The van der Waals surface area contributed by atoms with E-state index in [2.05, 4.69) is 4.98 Å². The number of H-pyrrole nitrogens is 2. The summed E-state index contributed by atoms with van der Waals surface area (Å²) in [5, 5.41) is 0. The molecule has 1 amide bonds. The number of aromatic nitrogens is 2. The van der Waals surface area contributed by atoms with Gasteiger partial charge in [0.25, 0.3) is 11.5 Å². The summed E-state index contributed by atoms with van der Waals surface area (Å²) in [5.74, 6) is -0.733. The molecule has 3 rings (SSSR count). The lowest BCUT2D eigenvalue weighted by Gasteiger charge is -2.36. The summed E-state index contributed by atoms with van der Waals surface area (Å²) < 4.78 is 13.1. The first-order valence-electron chi connectivity index (χ1n) is 7.45. The molecule has 0 aliphatic carbocycles. The zero-order valence-electron chi connectivity index (χ0n) is 12.3. The zero-order valence-corrected chi connectivity index (χ0v) is 12.3. The van der Waals surface area contributed by atoms with Gasteiger partial charge in [-0.15, -0.1) is 0 Å². The van der Waals surface area contributed by atoms with Gasteiger partial charge in [0.05, 0.1) is 6.04 Å². The molecule has 0 bridgehead atoms. The van der Waals surface area contributed by atoms with Crippen LogP contribution in [0.5, 0.6) is 0 Å². The highest BCUT2D eigenvalue weighted by molar-refractivity contribution is 5.92. The topological polar surface area (TPSA) is 86.0 Å². The van der Waals surface area contributed by atoms with Crippen molar-refractivity contribution in [3.8, 4) is 0 Å². The molecule has 1 saturated heterocycles. The van der Waals surface area contributed by atoms with Crippen molar-refractivity contribution in [3.05, 3.63) is 68.2 Å². The molecule has 1 atom stereocenters. The molecule has 120 valence electrons. The quantitative estimate of drug-likeness (QED) is 0.881. The number of carbonyl (C=O) groups excluding carboxylic acids is 1. The molecule has 1 aromatic heterocycles. The maximum absolute atomic E-state index is 13.1. The van der Waals surface area contributed by atoms with Crippen molar-refractivity contribution in [1.29, 1.82) is 0 Å². The highest BCUT2D eigenvalue weighted by Gasteiger charge is 2.29. The Morgan fingerprint density at radius 1 is 1.13 bits per heavy atom. The van der Waals surface area contributed by atoms with E-state index in [1.54, 1.807) is 17.0 Å². The molecule has 1 aliphatic heterocycles. The molecule has 1 aliphatic rings. The number of amides is 1. The van der Waals surface area contributed by atoms with E-state index >= 15 is 0 Å². The Morgan fingerprint density at radius 2 is 1.87 bits per heavy atom. The average Bonchev–Trinajstić information content (AvgIpc) is 2.54. The summed E-state index contributed by atoms with van der Waals surface area (Å²) >= 11 is 0. The maximum atomic E-state index is 13.1. The minimum Gasteiger partial charge on any atom is -0.330 e. The van der Waals surface area contributed by atoms with Crippen molar-refractivity contribution in [2.45, 2.75) is 25.3 Å². The second-order valence-corrected chi connectivity index (χ2v) is 5.56. The fourth-order valence-electron chi connectivity index (χ4n) is 2.94. The number of benzene rings is 1. The third-order valence-corrected chi connectivity index (χ3v) is 4.01. The first-order valence-corrected chi connectivity index (χ1v) is 7.45. The molecule has 6 nitrogen and oxygen atoms in total. The molecule has 1 fully saturated rings. The van der Waals surface area contributed by atoms with Crippen molar-refractivity contribution in [2.75, 3.05) is 6.54 Å². The van der Waals surface area contributed by atoms with Gasteiger partial charge in [-0.3, -0.25) is 14.6 Å². The number of carbonyl (C=O) groups is 1. The van der Waals surface area contributed by atoms with Crippen molar-refractivity contribution in [1.82, 2.24) is 14.9 Å². The van der Waals surface area contributed by atoms with E-state index in [0.29, 0.717) is 6.54 Å². The monoisotopic (exact) mass is 317 g/mol. The number of hydrogen-bond acceptors (Lipinski definition) is 3. The van der Waals surface area contributed by atoms with Gasteiger partial charge in [0.1, 0.15) is 11.5 Å². The largest absolute Gasteiger partial charge is 0.330 e. The number of piperidine rings is 1. The molecule has 0 spiro atoms. The van der Waals surface area contributed by atoms with Gasteiger partial charge in [-0.2, -0.15) is 0 Å². The van der Waals surface area contributed by atoms with Gasteiger partial charge < -0.3 is 9.88 Å².